The van der Waals surface area contributed by atoms with Crippen LogP contribution in [0.2, 0.25) is 0 Å². The first-order valence-corrected chi connectivity index (χ1v) is 7.50. The van der Waals surface area contributed by atoms with Crippen molar-refractivity contribution in [2.24, 2.45) is 0 Å². The summed E-state index contributed by atoms with van der Waals surface area (Å²) in [7, 11) is 1.59. The van der Waals surface area contributed by atoms with Crippen LogP contribution in [0.1, 0.15) is 23.3 Å². The van der Waals surface area contributed by atoms with Gasteiger partial charge in [-0.15, -0.1) is 10.2 Å². The number of rotatable bonds is 5. The lowest BCUT2D eigenvalue weighted by molar-refractivity contribution is -0.384. The SMILES string of the molecule is COc1ccc(-n2c(C)nnc2C(O)c2ccc([N+](=O)[O-])cc2)cc1. The molecule has 0 aliphatic rings. The molecule has 1 aromatic heterocycles. The lowest BCUT2D eigenvalue weighted by Crippen LogP contribution is -2.10. The molecule has 0 spiro atoms. The fourth-order valence-corrected chi connectivity index (χ4v) is 2.53. The molecule has 25 heavy (non-hydrogen) atoms. The van der Waals surface area contributed by atoms with E-state index in [4.69, 9.17) is 4.74 Å². The second kappa shape index (κ2) is 6.70. The number of nitro groups is 1. The van der Waals surface area contributed by atoms with Crippen LogP contribution in [0.3, 0.4) is 0 Å². The van der Waals surface area contributed by atoms with Crippen LogP contribution in [-0.2, 0) is 0 Å². The predicted octanol–water partition coefficient (Wildman–Crippen LogP) is 2.57. The van der Waals surface area contributed by atoms with E-state index in [1.807, 2.05) is 12.1 Å². The molecule has 128 valence electrons. The molecular formula is C17H16N4O4. The van der Waals surface area contributed by atoms with Crippen LogP contribution in [-0.4, -0.2) is 31.9 Å². The van der Waals surface area contributed by atoms with Gasteiger partial charge in [-0.3, -0.25) is 14.7 Å². The molecular weight excluding hydrogens is 324 g/mol. The number of aryl methyl sites for hydroxylation is 1. The Kier molecular flexibility index (Phi) is 4.44. The summed E-state index contributed by atoms with van der Waals surface area (Å²) in [6.45, 7) is 1.78. The monoisotopic (exact) mass is 340 g/mol. The number of hydrogen-bond acceptors (Lipinski definition) is 6. The summed E-state index contributed by atoms with van der Waals surface area (Å²) < 4.78 is 6.88. The average Bonchev–Trinajstić information content (AvgIpc) is 3.02. The molecule has 0 aliphatic heterocycles. The summed E-state index contributed by atoms with van der Waals surface area (Å²) in [5.41, 5.74) is 1.23. The second-order valence-electron chi connectivity index (χ2n) is 5.39. The normalized spacial score (nSPS) is 12.0. The number of aliphatic hydroxyl groups is 1. The number of aliphatic hydroxyl groups excluding tert-OH is 1. The third-order valence-electron chi connectivity index (χ3n) is 3.84. The number of non-ortho nitro benzene ring substituents is 1. The van der Waals surface area contributed by atoms with E-state index in [2.05, 4.69) is 10.2 Å². The standard InChI is InChI=1S/C17H16N4O4/c1-11-18-19-17(20(11)13-7-9-15(25-2)10-8-13)16(22)12-3-5-14(6-4-12)21(23)24/h3-10,16,22H,1-2H3. The van der Waals surface area contributed by atoms with Crippen LogP contribution < -0.4 is 4.74 Å². The molecule has 1 N–H and O–H groups in total. The number of ether oxygens (including phenoxy) is 1. The third-order valence-corrected chi connectivity index (χ3v) is 3.84. The van der Waals surface area contributed by atoms with Gasteiger partial charge in [-0.05, 0) is 48.9 Å². The highest BCUT2D eigenvalue weighted by molar-refractivity contribution is 5.41. The van der Waals surface area contributed by atoms with Gasteiger partial charge >= 0.3 is 0 Å². The maximum absolute atomic E-state index is 10.8. The highest BCUT2D eigenvalue weighted by atomic mass is 16.6. The minimum Gasteiger partial charge on any atom is -0.497 e. The fourth-order valence-electron chi connectivity index (χ4n) is 2.53. The largest absolute Gasteiger partial charge is 0.497 e. The van der Waals surface area contributed by atoms with Crippen molar-refractivity contribution in [3.05, 3.63) is 75.9 Å². The summed E-state index contributed by atoms with van der Waals surface area (Å²) in [5, 5.41) is 29.5. The lowest BCUT2D eigenvalue weighted by Gasteiger charge is -2.14. The van der Waals surface area contributed by atoms with E-state index in [0.29, 0.717) is 23.0 Å². The molecule has 1 atom stereocenters. The zero-order valence-electron chi connectivity index (χ0n) is 13.7. The van der Waals surface area contributed by atoms with E-state index < -0.39 is 11.0 Å². The van der Waals surface area contributed by atoms with Crippen molar-refractivity contribution in [2.75, 3.05) is 7.11 Å². The Hall–Kier alpha value is -3.26. The quantitative estimate of drug-likeness (QED) is 0.565. The molecule has 3 rings (SSSR count). The van der Waals surface area contributed by atoms with E-state index in [0.717, 1.165) is 5.69 Å². The van der Waals surface area contributed by atoms with Crippen molar-refractivity contribution >= 4 is 5.69 Å². The minimum atomic E-state index is -1.07. The molecule has 1 unspecified atom stereocenters. The highest BCUT2D eigenvalue weighted by Crippen LogP contribution is 2.26. The Morgan fingerprint density at radius 2 is 1.76 bits per heavy atom. The van der Waals surface area contributed by atoms with Gasteiger partial charge in [0.15, 0.2) is 5.82 Å². The van der Waals surface area contributed by atoms with Gasteiger partial charge in [0.1, 0.15) is 17.7 Å². The molecule has 0 bridgehead atoms. The van der Waals surface area contributed by atoms with Gasteiger partial charge in [-0.25, -0.2) is 0 Å². The number of methoxy groups -OCH3 is 1. The van der Waals surface area contributed by atoms with Crippen LogP contribution in [0, 0.1) is 17.0 Å². The first-order valence-electron chi connectivity index (χ1n) is 7.50. The molecule has 8 heteroatoms. The van der Waals surface area contributed by atoms with Crippen LogP contribution in [0.25, 0.3) is 5.69 Å². The average molecular weight is 340 g/mol. The Bertz CT molecular complexity index is 888. The van der Waals surface area contributed by atoms with Gasteiger partial charge < -0.3 is 9.84 Å². The number of aromatic nitrogens is 3. The van der Waals surface area contributed by atoms with Gasteiger partial charge in [0.05, 0.1) is 12.0 Å². The van der Waals surface area contributed by atoms with Gasteiger partial charge in [-0.2, -0.15) is 0 Å². The summed E-state index contributed by atoms with van der Waals surface area (Å²) in [6, 6.07) is 13.0. The maximum atomic E-state index is 10.8. The zero-order chi connectivity index (χ0) is 18.0. The number of nitrogens with zero attached hydrogens (tertiary/aromatic N) is 4. The number of benzene rings is 2. The van der Waals surface area contributed by atoms with Crippen molar-refractivity contribution in [2.45, 2.75) is 13.0 Å². The Balaban J connectivity index is 1.98. The number of nitro benzene ring substituents is 1. The van der Waals surface area contributed by atoms with Gasteiger partial charge in [0, 0.05) is 17.8 Å². The zero-order valence-corrected chi connectivity index (χ0v) is 13.7. The van der Waals surface area contributed by atoms with E-state index in [9.17, 15) is 15.2 Å². The van der Waals surface area contributed by atoms with Crippen LogP contribution in [0.15, 0.2) is 48.5 Å². The molecule has 0 saturated carbocycles. The van der Waals surface area contributed by atoms with Crippen molar-refractivity contribution in [3.8, 4) is 11.4 Å². The Morgan fingerprint density at radius 1 is 1.12 bits per heavy atom. The van der Waals surface area contributed by atoms with Crippen LogP contribution in [0.4, 0.5) is 5.69 Å². The van der Waals surface area contributed by atoms with Gasteiger partial charge in [0.25, 0.3) is 5.69 Å². The summed E-state index contributed by atoms with van der Waals surface area (Å²) in [4.78, 5) is 10.3. The van der Waals surface area contributed by atoms with Crippen molar-refractivity contribution in [1.82, 2.24) is 14.8 Å². The third kappa shape index (κ3) is 3.20. The van der Waals surface area contributed by atoms with Gasteiger partial charge in [-0.1, -0.05) is 0 Å². The molecule has 0 radical (unpaired) electrons. The van der Waals surface area contributed by atoms with E-state index in [1.165, 1.54) is 24.3 Å². The smallest absolute Gasteiger partial charge is 0.269 e. The van der Waals surface area contributed by atoms with Crippen molar-refractivity contribution in [1.29, 1.82) is 0 Å². The fraction of sp³-hybridized carbons (Fsp3) is 0.176. The highest BCUT2D eigenvalue weighted by Gasteiger charge is 2.21. The second-order valence-corrected chi connectivity index (χ2v) is 5.39. The first-order chi connectivity index (χ1) is 12.0. The summed E-state index contributed by atoms with van der Waals surface area (Å²) in [6.07, 6.45) is -1.07. The van der Waals surface area contributed by atoms with Crippen molar-refractivity contribution in [3.63, 3.8) is 0 Å². The molecule has 3 aromatic rings. The lowest BCUT2D eigenvalue weighted by atomic mass is 10.1. The topological polar surface area (TPSA) is 103 Å². The summed E-state index contributed by atoms with van der Waals surface area (Å²) >= 11 is 0. The summed E-state index contributed by atoms with van der Waals surface area (Å²) in [5.74, 6) is 1.66. The number of hydrogen-bond donors (Lipinski definition) is 1. The molecule has 0 saturated heterocycles. The first kappa shape index (κ1) is 16.6. The minimum absolute atomic E-state index is 0.0382. The van der Waals surface area contributed by atoms with Crippen LogP contribution in [0.5, 0.6) is 5.75 Å². The molecule has 0 amide bonds. The molecule has 0 aliphatic carbocycles. The Morgan fingerprint density at radius 3 is 2.32 bits per heavy atom. The molecule has 2 aromatic carbocycles. The van der Waals surface area contributed by atoms with E-state index in [1.54, 1.807) is 30.7 Å². The maximum Gasteiger partial charge on any atom is 0.269 e. The van der Waals surface area contributed by atoms with Gasteiger partial charge in [0.2, 0.25) is 0 Å². The predicted molar refractivity (Wildman–Crippen MR) is 89.8 cm³/mol. The molecule has 0 fully saturated rings. The molecule has 8 nitrogen and oxygen atoms in total. The Labute approximate surface area is 143 Å². The van der Waals surface area contributed by atoms with E-state index >= 15 is 0 Å². The van der Waals surface area contributed by atoms with E-state index in [-0.39, 0.29) is 5.69 Å². The van der Waals surface area contributed by atoms with Crippen LogP contribution >= 0.6 is 0 Å². The molecule has 1 heterocycles. The van der Waals surface area contributed by atoms with Crippen molar-refractivity contribution < 1.29 is 14.8 Å².